The van der Waals surface area contributed by atoms with Crippen molar-refractivity contribution in [1.82, 2.24) is 4.98 Å². The predicted octanol–water partition coefficient (Wildman–Crippen LogP) is 2.32. The van der Waals surface area contributed by atoms with Crippen molar-refractivity contribution < 1.29 is 5.11 Å². The van der Waals surface area contributed by atoms with E-state index in [4.69, 9.17) is 5.11 Å². The minimum absolute atomic E-state index is 0.210. The molecule has 1 N–H and O–H groups in total. The number of hydrogen-bond acceptors (Lipinski definition) is 3. The lowest BCUT2D eigenvalue weighted by Crippen LogP contribution is -1.87. The van der Waals surface area contributed by atoms with Crippen LogP contribution >= 0.6 is 11.8 Å². The highest BCUT2D eigenvalue weighted by Gasteiger charge is 2.00. The third kappa shape index (κ3) is 1.89. The topological polar surface area (TPSA) is 33.1 Å². The molecule has 0 unspecified atom stereocenters. The molecule has 72 valence electrons. The van der Waals surface area contributed by atoms with Crippen molar-refractivity contribution in [2.75, 3.05) is 12.4 Å². The summed E-state index contributed by atoms with van der Waals surface area (Å²) < 4.78 is 0. The molecule has 0 aliphatic rings. The second kappa shape index (κ2) is 4.44. The van der Waals surface area contributed by atoms with Gasteiger partial charge in [0.2, 0.25) is 0 Å². The zero-order chi connectivity index (χ0) is 9.80. The van der Waals surface area contributed by atoms with E-state index < -0.39 is 0 Å². The molecular formula is C11H11NOS. The summed E-state index contributed by atoms with van der Waals surface area (Å²) in [7, 11) is 0. The molecule has 0 fully saturated rings. The Labute approximate surface area is 87.0 Å². The van der Waals surface area contributed by atoms with Crippen molar-refractivity contribution in [3.8, 4) is 0 Å². The van der Waals surface area contributed by atoms with Crippen LogP contribution in [0.1, 0.15) is 0 Å². The van der Waals surface area contributed by atoms with E-state index in [0.717, 1.165) is 16.7 Å². The maximum atomic E-state index is 8.76. The van der Waals surface area contributed by atoms with Gasteiger partial charge in [-0.3, -0.25) is 4.98 Å². The molecule has 0 atom stereocenters. The van der Waals surface area contributed by atoms with E-state index in [1.807, 2.05) is 30.5 Å². The molecule has 1 aromatic heterocycles. The van der Waals surface area contributed by atoms with Crippen LogP contribution in [0.2, 0.25) is 0 Å². The van der Waals surface area contributed by atoms with Crippen molar-refractivity contribution in [3.63, 3.8) is 0 Å². The lowest BCUT2D eigenvalue weighted by atomic mass is 10.2. The van der Waals surface area contributed by atoms with Crippen molar-refractivity contribution in [2.24, 2.45) is 0 Å². The monoisotopic (exact) mass is 205 g/mol. The SMILES string of the molecule is OCCSc1ccnc2ccccc12. The van der Waals surface area contributed by atoms with Gasteiger partial charge in [0, 0.05) is 22.2 Å². The van der Waals surface area contributed by atoms with Crippen molar-refractivity contribution in [3.05, 3.63) is 36.5 Å². The molecule has 0 amide bonds. The molecule has 2 aromatic rings. The summed E-state index contributed by atoms with van der Waals surface area (Å²) in [6.45, 7) is 0.210. The van der Waals surface area contributed by atoms with Crippen LogP contribution in [-0.2, 0) is 0 Å². The molecule has 0 saturated heterocycles. The van der Waals surface area contributed by atoms with Crippen molar-refractivity contribution in [2.45, 2.75) is 4.90 Å². The Bertz CT molecular complexity index is 425. The maximum Gasteiger partial charge on any atom is 0.0713 e. The molecule has 0 bridgehead atoms. The van der Waals surface area contributed by atoms with E-state index in [1.54, 1.807) is 11.8 Å². The Morgan fingerprint density at radius 2 is 2.07 bits per heavy atom. The Morgan fingerprint density at radius 1 is 1.21 bits per heavy atom. The van der Waals surface area contributed by atoms with E-state index in [0.29, 0.717) is 0 Å². The molecule has 0 aliphatic carbocycles. The Hall–Kier alpha value is -1.06. The molecule has 3 heteroatoms. The van der Waals surface area contributed by atoms with Crippen molar-refractivity contribution >= 4 is 22.7 Å². The van der Waals surface area contributed by atoms with E-state index in [2.05, 4.69) is 11.1 Å². The number of aliphatic hydroxyl groups is 1. The van der Waals surface area contributed by atoms with Gasteiger partial charge in [0.15, 0.2) is 0 Å². The van der Waals surface area contributed by atoms with Crippen LogP contribution in [0.5, 0.6) is 0 Å². The third-order valence-electron chi connectivity index (χ3n) is 1.96. The largest absolute Gasteiger partial charge is 0.396 e. The Morgan fingerprint density at radius 3 is 2.93 bits per heavy atom. The van der Waals surface area contributed by atoms with Gasteiger partial charge in [-0.1, -0.05) is 18.2 Å². The van der Waals surface area contributed by atoms with Gasteiger partial charge in [0.1, 0.15) is 0 Å². The highest BCUT2D eigenvalue weighted by molar-refractivity contribution is 7.99. The molecule has 14 heavy (non-hydrogen) atoms. The van der Waals surface area contributed by atoms with Gasteiger partial charge < -0.3 is 5.11 Å². The fraction of sp³-hybridized carbons (Fsp3) is 0.182. The number of nitrogens with zero attached hydrogens (tertiary/aromatic N) is 1. The molecule has 0 spiro atoms. The normalized spacial score (nSPS) is 10.6. The third-order valence-corrected chi connectivity index (χ3v) is 3.01. The van der Waals surface area contributed by atoms with Gasteiger partial charge in [-0.25, -0.2) is 0 Å². The summed E-state index contributed by atoms with van der Waals surface area (Å²) in [4.78, 5) is 5.46. The minimum atomic E-state index is 0.210. The van der Waals surface area contributed by atoms with Crippen LogP contribution < -0.4 is 0 Å². The minimum Gasteiger partial charge on any atom is -0.396 e. The molecule has 2 nitrogen and oxygen atoms in total. The fourth-order valence-corrected chi connectivity index (χ4v) is 2.15. The first-order valence-electron chi connectivity index (χ1n) is 4.49. The molecular weight excluding hydrogens is 194 g/mol. The van der Waals surface area contributed by atoms with Gasteiger partial charge in [0.25, 0.3) is 0 Å². The van der Waals surface area contributed by atoms with Crippen LogP contribution in [-0.4, -0.2) is 22.5 Å². The number of rotatable bonds is 3. The molecule has 0 radical (unpaired) electrons. The zero-order valence-corrected chi connectivity index (χ0v) is 8.50. The summed E-state index contributed by atoms with van der Waals surface area (Å²) in [5.74, 6) is 0.730. The predicted molar refractivity (Wildman–Crippen MR) is 59.6 cm³/mol. The first kappa shape index (κ1) is 9.49. The molecule has 1 aromatic carbocycles. The lowest BCUT2D eigenvalue weighted by Gasteiger charge is -2.03. The highest BCUT2D eigenvalue weighted by atomic mass is 32.2. The number of aromatic nitrogens is 1. The lowest BCUT2D eigenvalue weighted by molar-refractivity contribution is 0.322. The van der Waals surface area contributed by atoms with Gasteiger partial charge in [-0.15, -0.1) is 11.8 Å². The van der Waals surface area contributed by atoms with E-state index >= 15 is 0 Å². The van der Waals surface area contributed by atoms with Gasteiger partial charge >= 0.3 is 0 Å². The summed E-state index contributed by atoms with van der Waals surface area (Å²) in [5.41, 5.74) is 1.01. The van der Waals surface area contributed by atoms with Crippen LogP contribution in [0.4, 0.5) is 0 Å². The molecule has 1 heterocycles. The average molecular weight is 205 g/mol. The standard InChI is InChI=1S/C11H11NOS/c13-7-8-14-11-5-6-12-10-4-2-1-3-9(10)11/h1-6,13H,7-8H2. The average Bonchev–Trinajstić information content (AvgIpc) is 2.26. The van der Waals surface area contributed by atoms with Crippen molar-refractivity contribution in [1.29, 1.82) is 0 Å². The Kier molecular flexibility index (Phi) is 3.01. The number of hydrogen-bond donors (Lipinski definition) is 1. The van der Waals surface area contributed by atoms with Crippen LogP contribution in [0.25, 0.3) is 10.9 Å². The number of benzene rings is 1. The number of para-hydroxylation sites is 1. The number of aliphatic hydroxyl groups excluding tert-OH is 1. The summed E-state index contributed by atoms with van der Waals surface area (Å²) >= 11 is 1.66. The quantitative estimate of drug-likeness (QED) is 0.781. The van der Waals surface area contributed by atoms with Crippen LogP contribution in [0.3, 0.4) is 0 Å². The molecule has 0 saturated carbocycles. The first-order valence-corrected chi connectivity index (χ1v) is 5.48. The fourth-order valence-electron chi connectivity index (χ4n) is 1.35. The second-order valence-electron chi connectivity index (χ2n) is 2.90. The molecule has 2 rings (SSSR count). The first-order chi connectivity index (χ1) is 6.92. The van der Waals surface area contributed by atoms with E-state index in [9.17, 15) is 0 Å². The second-order valence-corrected chi connectivity index (χ2v) is 4.04. The molecule has 0 aliphatic heterocycles. The van der Waals surface area contributed by atoms with Gasteiger partial charge in [0.05, 0.1) is 12.1 Å². The summed E-state index contributed by atoms with van der Waals surface area (Å²) in [5, 5.41) is 9.92. The zero-order valence-electron chi connectivity index (χ0n) is 7.68. The Balaban J connectivity index is 2.43. The highest BCUT2D eigenvalue weighted by Crippen LogP contribution is 2.25. The number of thioether (sulfide) groups is 1. The smallest absolute Gasteiger partial charge is 0.0713 e. The number of pyridine rings is 1. The summed E-state index contributed by atoms with van der Waals surface area (Å²) in [6, 6.07) is 10.0. The van der Waals surface area contributed by atoms with Gasteiger partial charge in [-0.05, 0) is 12.1 Å². The maximum absolute atomic E-state index is 8.76. The van der Waals surface area contributed by atoms with Crippen LogP contribution in [0.15, 0.2) is 41.4 Å². The summed E-state index contributed by atoms with van der Waals surface area (Å²) in [6.07, 6.45) is 1.81. The number of fused-ring (bicyclic) bond motifs is 1. The van der Waals surface area contributed by atoms with E-state index in [-0.39, 0.29) is 6.61 Å². The van der Waals surface area contributed by atoms with Gasteiger partial charge in [-0.2, -0.15) is 0 Å². The van der Waals surface area contributed by atoms with E-state index in [1.165, 1.54) is 4.90 Å². The van der Waals surface area contributed by atoms with Crippen LogP contribution in [0, 0.1) is 0 Å².